The Morgan fingerprint density at radius 3 is 2.16 bits per heavy atom. The van der Waals surface area contributed by atoms with Crippen LogP contribution in [0.25, 0.3) is 0 Å². The molecule has 19 heavy (non-hydrogen) atoms. The van der Waals surface area contributed by atoms with Crippen LogP contribution in [0.15, 0.2) is 0 Å². The molecule has 4 nitrogen and oxygen atoms in total. The second-order valence-corrected chi connectivity index (χ2v) is 7.25. The van der Waals surface area contributed by atoms with Crippen molar-refractivity contribution >= 4 is 5.91 Å². The van der Waals surface area contributed by atoms with Crippen LogP contribution in [0.5, 0.6) is 0 Å². The number of nitrogens with two attached hydrogens (primary N) is 1. The first-order valence-electron chi connectivity index (χ1n) is 7.33. The van der Waals surface area contributed by atoms with E-state index in [1.165, 1.54) is 6.42 Å². The van der Waals surface area contributed by atoms with Gasteiger partial charge in [0.05, 0.1) is 12.0 Å². The van der Waals surface area contributed by atoms with E-state index in [1.54, 1.807) is 0 Å². The largest absolute Gasteiger partial charge is 0.396 e. The molecule has 0 bridgehead atoms. The number of carbonyl (C=O) groups excluding carboxylic acids is 1. The fourth-order valence-electron chi connectivity index (χ4n) is 2.47. The molecule has 112 valence electrons. The van der Waals surface area contributed by atoms with E-state index in [-0.39, 0.29) is 17.9 Å². The molecule has 1 saturated carbocycles. The molecule has 4 N–H and O–H groups in total. The van der Waals surface area contributed by atoms with Gasteiger partial charge in [0.15, 0.2) is 0 Å². The number of nitrogens with one attached hydrogen (secondary N) is 1. The molecule has 0 saturated heterocycles. The number of rotatable bonds is 5. The first-order chi connectivity index (χ1) is 8.65. The van der Waals surface area contributed by atoms with Crippen molar-refractivity contribution in [1.82, 2.24) is 5.32 Å². The second kappa shape index (κ2) is 5.80. The Morgan fingerprint density at radius 1 is 1.21 bits per heavy atom. The zero-order chi connectivity index (χ0) is 14.7. The molecule has 0 spiro atoms. The number of carbonyl (C=O) groups is 1. The summed E-state index contributed by atoms with van der Waals surface area (Å²) in [6.45, 7) is 8.19. The number of hydrogen-bond acceptors (Lipinski definition) is 3. The standard InChI is InChI=1S/C15H30N2O2/c1-13(2,14(3,4)16)12(19)17-10-15(11-18)8-6-5-7-9-15/h18H,5-11,16H2,1-4H3,(H,17,19). The van der Waals surface area contributed by atoms with Crippen LogP contribution < -0.4 is 11.1 Å². The topological polar surface area (TPSA) is 75.4 Å². The highest BCUT2D eigenvalue weighted by Gasteiger charge is 2.41. The average molecular weight is 270 g/mol. The van der Waals surface area contributed by atoms with Crippen molar-refractivity contribution < 1.29 is 9.90 Å². The van der Waals surface area contributed by atoms with Crippen LogP contribution in [-0.2, 0) is 4.79 Å². The molecule has 4 heteroatoms. The summed E-state index contributed by atoms with van der Waals surface area (Å²) < 4.78 is 0. The van der Waals surface area contributed by atoms with Gasteiger partial charge in [-0.2, -0.15) is 0 Å². The van der Waals surface area contributed by atoms with Crippen LogP contribution in [-0.4, -0.2) is 29.7 Å². The predicted octanol–water partition coefficient (Wildman–Crippen LogP) is 1.81. The number of aliphatic hydroxyl groups excluding tert-OH is 1. The lowest BCUT2D eigenvalue weighted by atomic mass is 9.72. The van der Waals surface area contributed by atoms with Gasteiger partial charge in [-0.3, -0.25) is 4.79 Å². The van der Waals surface area contributed by atoms with Gasteiger partial charge in [0, 0.05) is 17.5 Å². The monoisotopic (exact) mass is 270 g/mol. The second-order valence-electron chi connectivity index (χ2n) is 7.25. The van der Waals surface area contributed by atoms with Gasteiger partial charge >= 0.3 is 0 Å². The minimum Gasteiger partial charge on any atom is -0.396 e. The molecule has 1 fully saturated rings. The van der Waals surface area contributed by atoms with Gasteiger partial charge in [-0.05, 0) is 40.5 Å². The number of hydrogen-bond donors (Lipinski definition) is 3. The molecule has 0 aromatic carbocycles. The third-order valence-corrected chi connectivity index (χ3v) is 5.05. The molecule has 0 aromatic rings. The highest BCUT2D eigenvalue weighted by molar-refractivity contribution is 5.83. The fraction of sp³-hybridized carbons (Fsp3) is 0.933. The van der Waals surface area contributed by atoms with Crippen molar-refractivity contribution in [3.8, 4) is 0 Å². The van der Waals surface area contributed by atoms with E-state index in [1.807, 2.05) is 27.7 Å². The lowest BCUT2D eigenvalue weighted by molar-refractivity contribution is -0.133. The minimum absolute atomic E-state index is 0.0293. The van der Waals surface area contributed by atoms with Crippen molar-refractivity contribution in [3.05, 3.63) is 0 Å². The maximum Gasteiger partial charge on any atom is 0.227 e. The summed E-state index contributed by atoms with van der Waals surface area (Å²) in [5.41, 5.74) is 4.76. The third kappa shape index (κ3) is 3.69. The SMILES string of the molecule is CC(C)(N)C(C)(C)C(=O)NCC1(CO)CCCCC1. The van der Waals surface area contributed by atoms with E-state index < -0.39 is 11.0 Å². The van der Waals surface area contributed by atoms with Gasteiger partial charge in [-0.25, -0.2) is 0 Å². The third-order valence-electron chi connectivity index (χ3n) is 5.05. The molecule has 0 aromatic heterocycles. The summed E-state index contributed by atoms with van der Waals surface area (Å²) in [5.74, 6) is -0.0293. The minimum atomic E-state index is -0.627. The lowest BCUT2D eigenvalue weighted by Crippen LogP contribution is -2.57. The zero-order valence-electron chi connectivity index (χ0n) is 12.9. The Hall–Kier alpha value is -0.610. The molecule has 0 heterocycles. The summed E-state index contributed by atoms with van der Waals surface area (Å²) in [6, 6.07) is 0. The van der Waals surface area contributed by atoms with Gasteiger partial charge in [0.25, 0.3) is 0 Å². The quantitative estimate of drug-likeness (QED) is 0.713. The van der Waals surface area contributed by atoms with E-state index in [4.69, 9.17) is 5.73 Å². The molecule has 1 rings (SSSR count). The van der Waals surface area contributed by atoms with Crippen molar-refractivity contribution in [2.24, 2.45) is 16.6 Å². The molecule has 1 aliphatic rings. The maximum atomic E-state index is 12.3. The average Bonchev–Trinajstić information content (AvgIpc) is 2.35. The number of aliphatic hydroxyl groups is 1. The smallest absolute Gasteiger partial charge is 0.227 e. The number of amides is 1. The van der Waals surface area contributed by atoms with Crippen molar-refractivity contribution in [2.75, 3.05) is 13.2 Å². The molecular weight excluding hydrogens is 240 g/mol. The maximum absolute atomic E-state index is 12.3. The Morgan fingerprint density at radius 2 is 1.74 bits per heavy atom. The zero-order valence-corrected chi connectivity index (χ0v) is 12.9. The summed E-state index contributed by atoms with van der Waals surface area (Å²) in [5, 5.41) is 12.7. The van der Waals surface area contributed by atoms with Gasteiger partial charge in [-0.15, -0.1) is 0 Å². The first-order valence-corrected chi connectivity index (χ1v) is 7.33. The van der Waals surface area contributed by atoms with E-state index in [0.717, 1.165) is 25.7 Å². The van der Waals surface area contributed by atoms with Crippen LogP contribution in [0.2, 0.25) is 0 Å². The van der Waals surface area contributed by atoms with E-state index in [2.05, 4.69) is 5.32 Å². The van der Waals surface area contributed by atoms with Gasteiger partial charge < -0.3 is 16.2 Å². The van der Waals surface area contributed by atoms with Crippen molar-refractivity contribution in [1.29, 1.82) is 0 Å². The van der Waals surface area contributed by atoms with Crippen LogP contribution in [0.1, 0.15) is 59.8 Å². The molecule has 0 unspecified atom stereocenters. The summed E-state index contributed by atoms with van der Waals surface area (Å²) in [6.07, 6.45) is 5.51. The van der Waals surface area contributed by atoms with E-state index >= 15 is 0 Å². The predicted molar refractivity (Wildman–Crippen MR) is 77.7 cm³/mol. The van der Waals surface area contributed by atoms with Crippen LogP contribution in [0, 0.1) is 10.8 Å². The highest BCUT2D eigenvalue weighted by Crippen LogP contribution is 2.36. The molecule has 0 aliphatic heterocycles. The van der Waals surface area contributed by atoms with Gasteiger partial charge in [0.1, 0.15) is 0 Å². The molecule has 1 aliphatic carbocycles. The van der Waals surface area contributed by atoms with Gasteiger partial charge in [0.2, 0.25) is 5.91 Å². The molecule has 1 amide bonds. The Labute approximate surface area is 117 Å². The molecule has 0 radical (unpaired) electrons. The Kier molecular flexibility index (Phi) is 5.02. The lowest BCUT2D eigenvalue weighted by Gasteiger charge is -2.40. The van der Waals surface area contributed by atoms with E-state index in [9.17, 15) is 9.90 Å². The molecular formula is C15H30N2O2. The fourth-order valence-corrected chi connectivity index (χ4v) is 2.47. The Balaban J connectivity index is 2.62. The normalized spacial score (nSPS) is 20.1. The van der Waals surface area contributed by atoms with Crippen molar-refractivity contribution in [2.45, 2.75) is 65.3 Å². The van der Waals surface area contributed by atoms with E-state index in [0.29, 0.717) is 6.54 Å². The van der Waals surface area contributed by atoms with Crippen LogP contribution >= 0.6 is 0 Å². The molecule has 0 atom stereocenters. The summed E-state index contributed by atoms with van der Waals surface area (Å²) in [4.78, 5) is 12.3. The van der Waals surface area contributed by atoms with Crippen LogP contribution in [0.4, 0.5) is 0 Å². The van der Waals surface area contributed by atoms with Crippen molar-refractivity contribution in [3.63, 3.8) is 0 Å². The first kappa shape index (κ1) is 16.4. The highest BCUT2D eigenvalue weighted by atomic mass is 16.3. The Bertz CT molecular complexity index is 313. The van der Waals surface area contributed by atoms with Crippen LogP contribution in [0.3, 0.4) is 0 Å². The van der Waals surface area contributed by atoms with Gasteiger partial charge in [-0.1, -0.05) is 19.3 Å². The summed E-state index contributed by atoms with van der Waals surface area (Å²) in [7, 11) is 0. The summed E-state index contributed by atoms with van der Waals surface area (Å²) >= 11 is 0.